The summed E-state index contributed by atoms with van der Waals surface area (Å²) < 4.78 is 6.71. The Labute approximate surface area is 120 Å². The van der Waals surface area contributed by atoms with Crippen molar-refractivity contribution in [2.75, 3.05) is 18.0 Å². The van der Waals surface area contributed by atoms with Gasteiger partial charge in [-0.3, -0.25) is 4.79 Å². The minimum absolute atomic E-state index is 0.286. The summed E-state index contributed by atoms with van der Waals surface area (Å²) >= 11 is 3.38. The second-order valence-corrected chi connectivity index (χ2v) is 4.94. The van der Waals surface area contributed by atoms with Gasteiger partial charge in [0.25, 0.3) is 5.56 Å². The Bertz CT molecular complexity index is 604. The molecule has 0 spiro atoms. The van der Waals surface area contributed by atoms with E-state index >= 15 is 0 Å². The van der Waals surface area contributed by atoms with E-state index in [0.29, 0.717) is 11.8 Å². The van der Waals surface area contributed by atoms with Crippen LogP contribution in [0.15, 0.2) is 44.0 Å². The van der Waals surface area contributed by atoms with Gasteiger partial charge in [-0.15, -0.1) is 0 Å². The lowest BCUT2D eigenvalue weighted by Crippen LogP contribution is -2.25. The zero-order valence-electron chi connectivity index (χ0n) is 10.9. The molecule has 0 radical (unpaired) electrons. The average molecular weight is 323 g/mol. The quantitative estimate of drug-likeness (QED) is 0.866. The summed E-state index contributed by atoms with van der Waals surface area (Å²) in [6, 6.07) is 9.40. The Kier molecular flexibility index (Phi) is 4.37. The molecule has 2 aromatic rings. The zero-order valence-corrected chi connectivity index (χ0v) is 12.5. The third-order valence-corrected chi connectivity index (χ3v) is 3.35. The van der Waals surface area contributed by atoms with Gasteiger partial charge < -0.3 is 9.32 Å². The van der Waals surface area contributed by atoms with Gasteiger partial charge in [0.1, 0.15) is 5.76 Å². The maximum absolute atomic E-state index is 11.7. The van der Waals surface area contributed by atoms with E-state index in [2.05, 4.69) is 20.9 Å². The SMILES string of the molecule is CCN(CC)c1nc(=O)cc(-c2ccc(Br)cc2)o1. The Balaban J connectivity index is 2.47. The highest BCUT2D eigenvalue weighted by Crippen LogP contribution is 2.23. The Morgan fingerprint density at radius 1 is 1.21 bits per heavy atom. The molecule has 2 rings (SSSR count). The number of hydrogen-bond donors (Lipinski definition) is 0. The first kappa shape index (κ1) is 13.8. The molecule has 1 aromatic carbocycles. The summed E-state index contributed by atoms with van der Waals surface area (Å²) in [7, 11) is 0. The van der Waals surface area contributed by atoms with Crippen molar-refractivity contribution in [3.8, 4) is 11.3 Å². The number of halogens is 1. The molecule has 0 unspecified atom stereocenters. The van der Waals surface area contributed by atoms with Crippen LogP contribution in [0.25, 0.3) is 11.3 Å². The summed E-state index contributed by atoms with van der Waals surface area (Å²) in [5, 5.41) is 0. The average Bonchev–Trinajstić information content (AvgIpc) is 2.40. The first-order valence-corrected chi connectivity index (χ1v) is 6.96. The number of benzene rings is 1. The molecule has 1 aromatic heterocycles. The summed E-state index contributed by atoms with van der Waals surface area (Å²) in [4.78, 5) is 17.5. The fourth-order valence-electron chi connectivity index (χ4n) is 1.78. The highest BCUT2D eigenvalue weighted by molar-refractivity contribution is 9.10. The van der Waals surface area contributed by atoms with Crippen LogP contribution in [-0.2, 0) is 0 Å². The largest absolute Gasteiger partial charge is 0.425 e. The van der Waals surface area contributed by atoms with Crippen LogP contribution < -0.4 is 10.5 Å². The van der Waals surface area contributed by atoms with E-state index in [4.69, 9.17) is 4.42 Å². The van der Waals surface area contributed by atoms with Crippen LogP contribution in [0.1, 0.15) is 13.8 Å². The summed E-state index contributed by atoms with van der Waals surface area (Å²) in [6.45, 7) is 5.49. The van der Waals surface area contributed by atoms with Gasteiger partial charge in [-0.05, 0) is 26.0 Å². The first-order chi connectivity index (χ1) is 9.13. The molecule has 4 nitrogen and oxygen atoms in total. The highest BCUT2D eigenvalue weighted by atomic mass is 79.9. The lowest BCUT2D eigenvalue weighted by molar-refractivity contribution is 0.523. The van der Waals surface area contributed by atoms with Crippen molar-refractivity contribution in [3.05, 3.63) is 45.2 Å². The summed E-state index contributed by atoms with van der Waals surface area (Å²) in [5.74, 6) is 0.536. The predicted molar refractivity (Wildman–Crippen MR) is 79.5 cm³/mol. The maximum atomic E-state index is 11.7. The van der Waals surface area contributed by atoms with Gasteiger partial charge in [-0.1, -0.05) is 28.1 Å². The van der Waals surface area contributed by atoms with E-state index in [1.54, 1.807) is 0 Å². The van der Waals surface area contributed by atoms with Crippen LogP contribution in [-0.4, -0.2) is 18.1 Å². The fraction of sp³-hybridized carbons (Fsp3) is 0.286. The van der Waals surface area contributed by atoms with Crippen LogP contribution in [0, 0.1) is 0 Å². The number of rotatable bonds is 4. The van der Waals surface area contributed by atoms with Crippen molar-refractivity contribution in [1.82, 2.24) is 4.98 Å². The Morgan fingerprint density at radius 3 is 2.42 bits per heavy atom. The predicted octanol–water partition coefficient (Wildman–Crippen LogP) is 3.31. The van der Waals surface area contributed by atoms with Crippen LogP contribution in [0.3, 0.4) is 0 Å². The monoisotopic (exact) mass is 322 g/mol. The first-order valence-electron chi connectivity index (χ1n) is 6.17. The third-order valence-electron chi connectivity index (χ3n) is 2.82. The lowest BCUT2D eigenvalue weighted by atomic mass is 10.2. The summed E-state index contributed by atoms with van der Waals surface area (Å²) in [5.41, 5.74) is 0.571. The second-order valence-electron chi connectivity index (χ2n) is 4.02. The fourth-order valence-corrected chi connectivity index (χ4v) is 2.04. The number of nitrogens with zero attached hydrogens (tertiary/aromatic N) is 2. The zero-order chi connectivity index (χ0) is 13.8. The van der Waals surface area contributed by atoms with Gasteiger partial charge in [-0.25, -0.2) is 0 Å². The van der Waals surface area contributed by atoms with Gasteiger partial charge in [0.15, 0.2) is 0 Å². The Hall–Kier alpha value is -1.62. The highest BCUT2D eigenvalue weighted by Gasteiger charge is 2.10. The molecule has 0 N–H and O–H groups in total. The van der Waals surface area contributed by atoms with Crippen LogP contribution in [0.2, 0.25) is 0 Å². The van der Waals surface area contributed by atoms with Crippen LogP contribution in [0.5, 0.6) is 0 Å². The molecule has 0 amide bonds. The molecule has 0 saturated heterocycles. The molecule has 0 aliphatic heterocycles. The molecule has 0 atom stereocenters. The Morgan fingerprint density at radius 2 is 1.84 bits per heavy atom. The molecule has 0 aliphatic rings. The molecule has 0 aliphatic carbocycles. The van der Waals surface area contributed by atoms with E-state index < -0.39 is 0 Å². The molecule has 0 bridgehead atoms. The van der Waals surface area contributed by atoms with Crippen molar-refractivity contribution in [3.63, 3.8) is 0 Å². The normalized spacial score (nSPS) is 10.5. The van der Waals surface area contributed by atoms with Crippen LogP contribution in [0.4, 0.5) is 6.01 Å². The molecule has 0 fully saturated rings. The molecular weight excluding hydrogens is 308 g/mol. The number of anilines is 1. The van der Waals surface area contributed by atoms with Crippen molar-refractivity contribution in [1.29, 1.82) is 0 Å². The van der Waals surface area contributed by atoms with E-state index in [1.165, 1.54) is 6.07 Å². The minimum Gasteiger partial charge on any atom is -0.425 e. The van der Waals surface area contributed by atoms with Crippen LogP contribution >= 0.6 is 15.9 Å². The molecule has 1 heterocycles. The van der Waals surface area contributed by atoms with E-state index in [9.17, 15) is 4.79 Å². The topological polar surface area (TPSA) is 46.3 Å². The van der Waals surface area contributed by atoms with E-state index in [0.717, 1.165) is 23.1 Å². The van der Waals surface area contributed by atoms with Gasteiger partial charge >= 0.3 is 6.01 Å². The molecule has 19 heavy (non-hydrogen) atoms. The lowest BCUT2D eigenvalue weighted by Gasteiger charge is -2.17. The van der Waals surface area contributed by atoms with Gasteiger partial charge in [-0.2, -0.15) is 4.98 Å². The van der Waals surface area contributed by atoms with E-state index in [1.807, 2.05) is 43.0 Å². The van der Waals surface area contributed by atoms with Gasteiger partial charge in [0.05, 0.1) is 0 Å². The van der Waals surface area contributed by atoms with Gasteiger partial charge in [0.2, 0.25) is 0 Å². The van der Waals surface area contributed by atoms with Crippen molar-refractivity contribution < 1.29 is 4.42 Å². The second kappa shape index (κ2) is 6.02. The third kappa shape index (κ3) is 3.23. The standard InChI is InChI=1S/C14H15BrN2O2/c1-3-17(4-2)14-16-13(18)9-12(19-14)10-5-7-11(15)8-6-10/h5-9H,3-4H2,1-2H3. The molecule has 5 heteroatoms. The van der Waals surface area contributed by atoms with Crippen molar-refractivity contribution in [2.45, 2.75) is 13.8 Å². The molecular formula is C14H15BrN2O2. The van der Waals surface area contributed by atoms with Gasteiger partial charge in [0, 0.05) is 29.2 Å². The maximum Gasteiger partial charge on any atom is 0.301 e. The smallest absolute Gasteiger partial charge is 0.301 e. The van der Waals surface area contributed by atoms with Crippen molar-refractivity contribution >= 4 is 21.9 Å². The minimum atomic E-state index is -0.286. The van der Waals surface area contributed by atoms with E-state index in [-0.39, 0.29) is 5.56 Å². The molecule has 0 saturated carbocycles. The van der Waals surface area contributed by atoms with Crippen molar-refractivity contribution in [2.24, 2.45) is 0 Å². The molecule has 100 valence electrons. The number of hydrogen-bond acceptors (Lipinski definition) is 4. The summed E-state index contributed by atoms with van der Waals surface area (Å²) in [6.07, 6.45) is 0. The number of aromatic nitrogens is 1.